The predicted molar refractivity (Wildman–Crippen MR) is 132 cm³/mol. The second-order valence-electron chi connectivity index (χ2n) is 8.98. The number of carbonyl (C=O) groups excluding carboxylic acids is 2. The van der Waals surface area contributed by atoms with Gasteiger partial charge in [-0.15, -0.1) is 0 Å². The van der Waals surface area contributed by atoms with Gasteiger partial charge in [0.15, 0.2) is 17.7 Å². The largest absolute Gasteiger partial charge is 1.00 e. The Kier molecular flexibility index (Phi) is 11.9. The molecule has 0 saturated carbocycles. The number of carboxylic acid groups (broad SMARTS) is 1. The van der Waals surface area contributed by atoms with E-state index in [0.717, 1.165) is 24.8 Å². The Bertz CT molecular complexity index is 1130. The molecule has 1 heterocycles. The van der Waals surface area contributed by atoms with Crippen molar-refractivity contribution in [2.45, 2.75) is 71.8 Å². The van der Waals surface area contributed by atoms with Crippen molar-refractivity contribution in [3.05, 3.63) is 46.5 Å². The molecule has 37 heavy (non-hydrogen) atoms. The van der Waals surface area contributed by atoms with Crippen molar-refractivity contribution >= 4 is 17.5 Å². The van der Waals surface area contributed by atoms with Crippen molar-refractivity contribution in [1.29, 1.82) is 0 Å². The SMILES string of the molecule is CCCc1c(OCCCCCOc2cc3c(cc2C(C)=O)CCC(C(=O)O)O3)ccc(C(C)=O)c1[O-].[Na+]. The van der Waals surface area contributed by atoms with E-state index >= 15 is 0 Å². The van der Waals surface area contributed by atoms with Gasteiger partial charge in [-0.2, -0.15) is 0 Å². The molecule has 0 fully saturated rings. The Balaban J connectivity index is 0.00000481. The number of hydrogen-bond acceptors (Lipinski definition) is 7. The molecule has 2 aromatic rings. The number of unbranched alkanes of at least 4 members (excludes halogenated alkanes) is 2. The molecule has 194 valence electrons. The average Bonchev–Trinajstić information content (AvgIpc) is 2.84. The number of fused-ring (bicyclic) bond motifs is 1. The van der Waals surface area contributed by atoms with Gasteiger partial charge in [0.1, 0.15) is 17.2 Å². The van der Waals surface area contributed by atoms with Gasteiger partial charge in [0, 0.05) is 11.6 Å². The van der Waals surface area contributed by atoms with Gasteiger partial charge >= 0.3 is 35.5 Å². The molecular weight excluding hydrogens is 487 g/mol. The first kappa shape index (κ1) is 30.7. The molecule has 1 atom stereocenters. The van der Waals surface area contributed by atoms with E-state index in [9.17, 15) is 24.6 Å². The summed E-state index contributed by atoms with van der Waals surface area (Å²) >= 11 is 0. The van der Waals surface area contributed by atoms with E-state index in [-0.39, 0.29) is 52.4 Å². The molecule has 1 N–H and O–H groups in total. The van der Waals surface area contributed by atoms with E-state index in [0.29, 0.717) is 67.3 Å². The van der Waals surface area contributed by atoms with Crippen molar-refractivity contribution < 1.29 is 68.4 Å². The fourth-order valence-corrected chi connectivity index (χ4v) is 4.23. The van der Waals surface area contributed by atoms with E-state index < -0.39 is 12.1 Å². The Hall–Kier alpha value is -2.55. The van der Waals surface area contributed by atoms with E-state index in [1.807, 2.05) is 6.92 Å². The summed E-state index contributed by atoms with van der Waals surface area (Å²) in [6.07, 6.45) is 3.58. The van der Waals surface area contributed by atoms with Crippen LogP contribution in [0.5, 0.6) is 23.0 Å². The van der Waals surface area contributed by atoms with Crippen LogP contribution in [0.3, 0.4) is 0 Å². The molecular formula is C28H33NaO8. The number of carbonyl (C=O) groups is 3. The van der Waals surface area contributed by atoms with Crippen molar-refractivity contribution in [2.75, 3.05) is 13.2 Å². The van der Waals surface area contributed by atoms with Crippen molar-refractivity contribution in [3.63, 3.8) is 0 Å². The van der Waals surface area contributed by atoms with Gasteiger partial charge in [-0.3, -0.25) is 9.59 Å². The summed E-state index contributed by atoms with van der Waals surface area (Å²) in [6.45, 7) is 5.63. The molecule has 0 spiro atoms. The Morgan fingerprint density at radius 3 is 2.24 bits per heavy atom. The zero-order valence-electron chi connectivity index (χ0n) is 22.1. The van der Waals surface area contributed by atoms with E-state index in [1.54, 1.807) is 18.2 Å². The fourth-order valence-electron chi connectivity index (χ4n) is 4.23. The van der Waals surface area contributed by atoms with E-state index in [1.165, 1.54) is 19.9 Å². The van der Waals surface area contributed by atoms with Crippen LogP contribution >= 0.6 is 0 Å². The number of ether oxygens (including phenoxy) is 3. The molecule has 2 aromatic carbocycles. The maximum atomic E-state index is 12.6. The maximum Gasteiger partial charge on any atom is 1.00 e. The van der Waals surface area contributed by atoms with Crippen LogP contribution in [-0.2, 0) is 17.6 Å². The second kappa shape index (κ2) is 14.4. The van der Waals surface area contributed by atoms with Crippen molar-refractivity contribution in [2.24, 2.45) is 0 Å². The Morgan fingerprint density at radius 2 is 1.65 bits per heavy atom. The van der Waals surface area contributed by atoms with Crippen LogP contribution in [-0.4, -0.2) is 42.0 Å². The summed E-state index contributed by atoms with van der Waals surface area (Å²) in [7, 11) is 0. The van der Waals surface area contributed by atoms with Gasteiger partial charge in [-0.1, -0.05) is 19.1 Å². The summed E-state index contributed by atoms with van der Waals surface area (Å²) in [6, 6.07) is 6.57. The topological polar surface area (TPSA) is 122 Å². The number of hydrogen-bond donors (Lipinski definition) is 1. The number of aliphatic carboxylic acids is 1. The summed E-state index contributed by atoms with van der Waals surface area (Å²) in [5.74, 6) is -0.269. The van der Waals surface area contributed by atoms with Crippen LogP contribution in [0.2, 0.25) is 0 Å². The number of carboxylic acids is 1. The van der Waals surface area contributed by atoms with Crippen LogP contribution in [0.25, 0.3) is 0 Å². The van der Waals surface area contributed by atoms with Crippen molar-refractivity contribution in [3.8, 4) is 23.0 Å². The molecule has 9 heteroatoms. The first-order valence-electron chi connectivity index (χ1n) is 12.4. The molecule has 0 saturated heterocycles. The van der Waals surface area contributed by atoms with Gasteiger partial charge in [0.25, 0.3) is 0 Å². The molecule has 1 aliphatic heterocycles. The second-order valence-corrected chi connectivity index (χ2v) is 8.98. The predicted octanol–water partition coefficient (Wildman–Crippen LogP) is 1.53. The third-order valence-corrected chi connectivity index (χ3v) is 6.16. The van der Waals surface area contributed by atoms with Crippen LogP contribution < -0.4 is 48.9 Å². The van der Waals surface area contributed by atoms with Crippen LogP contribution in [0.15, 0.2) is 24.3 Å². The Morgan fingerprint density at radius 1 is 1.00 bits per heavy atom. The van der Waals surface area contributed by atoms with Gasteiger partial charge in [-0.25, -0.2) is 4.79 Å². The molecule has 1 aliphatic rings. The summed E-state index contributed by atoms with van der Waals surface area (Å²) in [4.78, 5) is 35.1. The first-order valence-corrected chi connectivity index (χ1v) is 12.4. The summed E-state index contributed by atoms with van der Waals surface area (Å²) in [5.41, 5.74) is 2.01. The van der Waals surface area contributed by atoms with Gasteiger partial charge < -0.3 is 24.4 Å². The molecule has 0 aliphatic carbocycles. The number of rotatable bonds is 13. The fraction of sp³-hybridized carbons (Fsp3) is 0.464. The number of Topliss-reactive ketones (excluding diaryl/α,β-unsaturated/α-hetero) is 2. The summed E-state index contributed by atoms with van der Waals surface area (Å²) in [5, 5.41) is 21.8. The van der Waals surface area contributed by atoms with E-state index in [2.05, 4.69) is 0 Å². The third-order valence-electron chi connectivity index (χ3n) is 6.16. The number of aryl methyl sites for hydroxylation is 1. The molecule has 8 nitrogen and oxygen atoms in total. The zero-order chi connectivity index (χ0) is 26.2. The molecule has 0 aromatic heterocycles. The van der Waals surface area contributed by atoms with Gasteiger partial charge in [0.05, 0.1) is 18.8 Å². The average molecular weight is 521 g/mol. The van der Waals surface area contributed by atoms with Crippen molar-refractivity contribution in [1.82, 2.24) is 0 Å². The van der Waals surface area contributed by atoms with E-state index in [4.69, 9.17) is 14.2 Å². The van der Waals surface area contributed by atoms with Crippen LogP contribution in [0, 0.1) is 0 Å². The number of benzene rings is 2. The number of ketones is 2. The standard InChI is InChI=1S/C28H34O8.Na/c1-4-8-21-23(12-10-20(17(2)29)27(21)31)34-13-6-5-7-14-35-26-16-25-19(15-22(26)18(3)30)9-11-24(36-25)28(32)33;/h10,12,15-16,24,31H,4-9,11,13-14H2,1-3H3,(H,32,33);/q;+1/p-1. The monoisotopic (exact) mass is 520 g/mol. The Labute approximate surface area is 239 Å². The molecule has 3 rings (SSSR count). The normalized spacial score (nSPS) is 14.1. The smallest absolute Gasteiger partial charge is 0.872 e. The van der Waals surface area contributed by atoms with Crippen LogP contribution in [0.4, 0.5) is 0 Å². The van der Waals surface area contributed by atoms with Gasteiger partial charge in [-0.05, 0) is 81.7 Å². The molecule has 0 radical (unpaired) electrons. The molecule has 0 bridgehead atoms. The molecule has 1 unspecified atom stereocenters. The third kappa shape index (κ3) is 7.97. The summed E-state index contributed by atoms with van der Waals surface area (Å²) < 4.78 is 17.3. The molecule has 0 amide bonds. The zero-order valence-corrected chi connectivity index (χ0v) is 24.1. The minimum absolute atomic E-state index is 0. The quantitative estimate of drug-likeness (QED) is 0.240. The maximum absolute atomic E-state index is 12.6. The first-order chi connectivity index (χ1) is 17.2. The van der Waals surface area contributed by atoms with Gasteiger partial charge in [0.2, 0.25) is 0 Å². The van der Waals surface area contributed by atoms with Crippen LogP contribution in [0.1, 0.15) is 84.7 Å². The minimum atomic E-state index is -1.01. The minimum Gasteiger partial charge on any atom is -0.872 e.